The molecule has 0 fully saturated rings. The van der Waals surface area contributed by atoms with Crippen LogP contribution < -0.4 is 5.43 Å². The van der Waals surface area contributed by atoms with Gasteiger partial charge in [0.15, 0.2) is 0 Å². The number of aromatic amines is 1. The van der Waals surface area contributed by atoms with Crippen LogP contribution in [0.1, 0.15) is 16.2 Å². The molecule has 0 atom stereocenters. The van der Waals surface area contributed by atoms with Crippen LogP contribution in [0.4, 0.5) is 0 Å². The zero-order valence-corrected chi connectivity index (χ0v) is 13.7. The van der Waals surface area contributed by atoms with E-state index >= 15 is 0 Å². The maximum Gasteiger partial charge on any atom is 0.289 e. The number of nitrogens with zero attached hydrogens (tertiary/aromatic N) is 3. The minimum absolute atomic E-state index is 0.272. The topological polar surface area (TPSA) is 83.0 Å². The summed E-state index contributed by atoms with van der Waals surface area (Å²) in [6.45, 7) is 0. The Hall–Kier alpha value is -2.70. The summed E-state index contributed by atoms with van der Waals surface area (Å²) in [5.74, 6) is -0.416. The molecule has 2 heterocycles. The molecule has 0 aliphatic heterocycles. The van der Waals surface area contributed by atoms with Crippen molar-refractivity contribution in [1.29, 1.82) is 0 Å². The van der Waals surface area contributed by atoms with Gasteiger partial charge in [0.1, 0.15) is 5.69 Å². The van der Waals surface area contributed by atoms with Gasteiger partial charge in [-0.2, -0.15) is 10.2 Å². The van der Waals surface area contributed by atoms with Crippen molar-refractivity contribution in [3.8, 4) is 11.3 Å². The zero-order valence-electron chi connectivity index (χ0n) is 12.2. The fourth-order valence-corrected chi connectivity index (χ4v) is 2.21. The third-order valence-corrected chi connectivity index (χ3v) is 3.83. The molecule has 0 saturated heterocycles. The first-order valence-corrected chi connectivity index (χ1v) is 7.64. The highest BCUT2D eigenvalue weighted by Crippen LogP contribution is 2.27. The lowest BCUT2D eigenvalue weighted by Gasteiger charge is -1.98. The number of rotatable bonds is 4. The van der Waals surface area contributed by atoms with Crippen LogP contribution in [0.25, 0.3) is 11.3 Å². The van der Waals surface area contributed by atoms with E-state index in [9.17, 15) is 4.79 Å². The lowest BCUT2D eigenvalue weighted by molar-refractivity contribution is 0.0950. The standard InChI is InChI=1S/C16H11Cl2N5O/c17-12-5-4-10(7-13(12)18)14-8-15(22-21-14)16(24)23-20-9-11-3-1-2-6-19-11/h1-9H,(H,21,22)(H,23,24)/b20-9-. The summed E-state index contributed by atoms with van der Waals surface area (Å²) in [6, 6.07) is 12.1. The third kappa shape index (κ3) is 3.79. The second-order valence-corrected chi connectivity index (χ2v) is 5.56. The Labute approximate surface area is 147 Å². The molecule has 0 spiro atoms. The fraction of sp³-hybridized carbons (Fsp3) is 0. The molecular formula is C16H11Cl2N5O. The lowest BCUT2D eigenvalue weighted by atomic mass is 10.1. The minimum Gasteiger partial charge on any atom is -0.272 e. The summed E-state index contributed by atoms with van der Waals surface area (Å²) in [4.78, 5) is 16.1. The van der Waals surface area contributed by atoms with Crippen LogP contribution in [0.15, 0.2) is 53.8 Å². The number of carbonyl (C=O) groups is 1. The summed E-state index contributed by atoms with van der Waals surface area (Å²) in [5, 5.41) is 11.5. The molecule has 0 bridgehead atoms. The minimum atomic E-state index is -0.416. The van der Waals surface area contributed by atoms with E-state index in [2.05, 4.69) is 25.7 Å². The van der Waals surface area contributed by atoms with E-state index in [1.54, 1.807) is 42.6 Å². The number of carbonyl (C=O) groups excluding carboxylic acids is 1. The van der Waals surface area contributed by atoms with Crippen molar-refractivity contribution in [3.05, 3.63) is 70.1 Å². The van der Waals surface area contributed by atoms with Crippen LogP contribution in [-0.4, -0.2) is 27.3 Å². The van der Waals surface area contributed by atoms with Gasteiger partial charge < -0.3 is 0 Å². The van der Waals surface area contributed by atoms with Gasteiger partial charge in [-0.1, -0.05) is 35.3 Å². The van der Waals surface area contributed by atoms with Gasteiger partial charge in [0.25, 0.3) is 5.91 Å². The molecule has 3 rings (SSSR count). The molecule has 0 aliphatic carbocycles. The monoisotopic (exact) mass is 359 g/mol. The van der Waals surface area contributed by atoms with Crippen molar-refractivity contribution >= 4 is 35.3 Å². The van der Waals surface area contributed by atoms with Gasteiger partial charge in [-0.3, -0.25) is 14.9 Å². The molecule has 8 heteroatoms. The Bertz CT molecular complexity index is 892. The van der Waals surface area contributed by atoms with Crippen molar-refractivity contribution in [2.45, 2.75) is 0 Å². The van der Waals surface area contributed by atoms with Crippen LogP contribution >= 0.6 is 23.2 Å². The molecule has 3 aromatic rings. The lowest BCUT2D eigenvalue weighted by Crippen LogP contribution is -2.18. The van der Waals surface area contributed by atoms with Gasteiger partial charge in [-0.05, 0) is 30.3 Å². The Balaban J connectivity index is 1.69. The van der Waals surface area contributed by atoms with Gasteiger partial charge in [-0.15, -0.1) is 0 Å². The summed E-state index contributed by atoms with van der Waals surface area (Å²) >= 11 is 11.9. The highest BCUT2D eigenvalue weighted by Gasteiger charge is 2.11. The number of hydrogen-bond donors (Lipinski definition) is 2. The van der Waals surface area contributed by atoms with Crippen LogP contribution in [0, 0.1) is 0 Å². The zero-order chi connectivity index (χ0) is 16.9. The van der Waals surface area contributed by atoms with Crippen molar-refractivity contribution in [2.75, 3.05) is 0 Å². The first-order chi connectivity index (χ1) is 11.6. The van der Waals surface area contributed by atoms with Crippen LogP contribution in [0.5, 0.6) is 0 Å². The Morgan fingerprint density at radius 1 is 1.17 bits per heavy atom. The van der Waals surface area contributed by atoms with Gasteiger partial charge in [0.2, 0.25) is 0 Å². The van der Waals surface area contributed by atoms with Gasteiger partial charge >= 0.3 is 0 Å². The van der Waals surface area contributed by atoms with Crippen molar-refractivity contribution in [2.24, 2.45) is 5.10 Å². The maximum atomic E-state index is 12.0. The van der Waals surface area contributed by atoms with Crippen molar-refractivity contribution in [3.63, 3.8) is 0 Å². The van der Waals surface area contributed by atoms with Crippen molar-refractivity contribution in [1.82, 2.24) is 20.6 Å². The van der Waals surface area contributed by atoms with E-state index in [-0.39, 0.29) is 5.69 Å². The highest BCUT2D eigenvalue weighted by molar-refractivity contribution is 6.42. The fourth-order valence-electron chi connectivity index (χ4n) is 1.91. The van der Waals surface area contributed by atoms with Crippen LogP contribution in [0.3, 0.4) is 0 Å². The van der Waals surface area contributed by atoms with Gasteiger partial charge in [-0.25, -0.2) is 5.43 Å². The smallest absolute Gasteiger partial charge is 0.272 e. The number of pyridine rings is 1. The number of benzene rings is 1. The average molecular weight is 360 g/mol. The number of amides is 1. The van der Waals surface area contributed by atoms with Gasteiger partial charge in [0.05, 0.1) is 27.6 Å². The summed E-state index contributed by atoms with van der Waals surface area (Å²) in [7, 11) is 0. The van der Waals surface area contributed by atoms with E-state index in [1.165, 1.54) is 6.21 Å². The molecule has 1 aromatic carbocycles. The molecule has 0 unspecified atom stereocenters. The average Bonchev–Trinajstić information content (AvgIpc) is 3.08. The molecule has 24 heavy (non-hydrogen) atoms. The Morgan fingerprint density at radius 2 is 2.04 bits per heavy atom. The third-order valence-electron chi connectivity index (χ3n) is 3.09. The summed E-state index contributed by atoms with van der Waals surface area (Å²) in [6.07, 6.45) is 3.09. The first-order valence-electron chi connectivity index (χ1n) is 6.89. The van der Waals surface area contributed by atoms with Gasteiger partial charge in [0, 0.05) is 11.8 Å². The molecule has 120 valence electrons. The molecular weight excluding hydrogens is 349 g/mol. The van der Waals surface area contributed by atoms with E-state index in [0.29, 0.717) is 21.4 Å². The van der Waals surface area contributed by atoms with Crippen molar-refractivity contribution < 1.29 is 4.79 Å². The molecule has 0 radical (unpaired) electrons. The summed E-state index contributed by atoms with van der Waals surface area (Å²) in [5.41, 5.74) is 4.64. The van der Waals surface area contributed by atoms with E-state index < -0.39 is 5.91 Å². The second-order valence-electron chi connectivity index (χ2n) is 4.75. The Kier molecular flexibility index (Phi) is 4.88. The Morgan fingerprint density at radius 3 is 2.79 bits per heavy atom. The molecule has 1 amide bonds. The molecule has 6 nitrogen and oxygen atoms in total. The normalized spacial score (nSPS) is 10.9. The van der Waals surface area contributed by atoms with E-state index in [4.69, 9.17) is 23.2 Å². The number of nitrogens with one attached hydrogen (secondary N) is 2. The molecule has 0 saturated carbocycles. The first kappa shape index (κ1) is 16.2. The van der Waals surface area contributed by atoms with Crippen LogP contribution in [0.2, 0.25) is 10.0 Å². The number of hydrazone groups is 1. The predicted octanol–water partition coefficient (Wildman–Crippen LogP) is 3.54. The molecule has 2 N–H and O–H groups in total. The van der Waals surface area contributed by atoms with Crippen LogP contribution in [-0.2, 0) is 0 Å². The number of H-pyrrole nitrogens is 1. The maximum absolute atomic E-state index is 12.0. The van der Waals surface area contributed by atoms with E-state index in [0.717, 1.165) is 5.56 Å². The molecule has 2 aromatic heterocycles. The number of aromatic nitrogens is 3. The SMILES string of the molecule is O=C(N/N=C\c1ccccn1)c1cc(-c2ccc(Cl)c(Cl)c2)n[nH]1. The number of halogens is 2. The predicted molar refractivity (Wildman–Crippen MR) is 93.3 cm³/mol. The highest BCUT2D eigenvalue weighted by atomic mass is 35.5. The summed E-state index contributed by atoms with van der Waals surface area (Å²) < 4.78 is 0. The van der Waals surface area contributed by atoms with E-state index in [1.807, 2.05) is 6.07 Å². The second kappa shape index (κ2) is 7.25. The number of hydrogen-bond acceptors (Lipinski definition) is 4. The quantitative estimate of drug-likeness (QED) is 0.551. The molecule has 0 aliphatic rings. The largest absolute Gasteiger partial charge is 0.289 e.